The Hall–Kier alpha value is -0.300. The van der Waals surface area contributed by atoms with Crippen LogP contribution in [0.5, 0.6) is 0 Å². The standard InChI is InChI=1S/C38H76O/c1-5-8-10-12-14-16-18-20-22-24-26-28-30-32-34-36-38(39-37(4)7-3)35-33-31-29-27-25-23-21-19-17-15-13-11-9-6-2/h7,37-38H,3,5-6,8-36H2,1-2,4H3. The first-order valence-corrected chi connectivity index (χ1v) is 18.5. The van der Waals surface area contributed by atoms with Crippen LogP contribution >= 0.6 is 0 Å². The van der Waals surface area contributed by atoms with Crippen molar-refractivity contribution in [3.63, 3.8) is 0 Å². The Balaban J connectivity index is 3.58. The van der Waals surface area contributed by atoms with Crippen LogP contribution in [0.1, 0.15) is 220 Å². The normalized spacial score (nSPS) is 13.1. The molecule has 0 spiro atoms. The maximum absolute atomic E-state index is 6.31. The lowest BCUT2D eigenvalue weighted by Crippen LogP contribution is -2.18. The molecule has 0 rings (SSSR count). The number of rotatable bonds is 34. The molecule has 0 heterocycles. The van der Waals surface area contributed by atoms with Crippen molar-refractivity contribution < 1.29 is 4.74 Å². The second-order valence-electron chi connectivity index (χ2n) is 12.8. The van der Waals surface area contributed by atoms with Gasteiger partial charge in [-0.1, -0.05) is 206 Å². The Bertz CT molecular complexity index is 444. The van der Waals surface area contributed by atoms with Gasteiger partial charge < -0.3 is 4.74 Å². The SMILES string of the molecule is C=CC(C)OC(CCCCCCCCCCCCCCCC)CCCCCCCCCCCCCCCCC. The summed E-state index contributed by atoms with van der Waals surface area (Å²) < 4.78 is 6.31. The Labute approximate surface area is 249 Å². The molecule has 0 aliphatic carbocycles. The van der Waals surface area contributed by atoms with E-state index in [1.807, 2.05) is 6.08 Å². The molecule has 2 atom stereocenters. The Morgan fingerprint density at radius 2 is 0.641 bits per heavy atom. The van der Waals surface area contributed by atoms with Crippen LogP contribution in [0.2, 0.25) is 0 Å². The molecule has 0 aliphatic rings. The minimum absolute atomic E-state index is 0.193. The van der Waals surface area contributed by atoms with E-state index in [0.717, 1.165) is 0 Å². The number of hydrogen-bond donors (Lipinski definition) is 0. The van der Waals surface area contributed by atoms with Crippen LogP contribution in [0, 0.1) is 0 Å². The van der Waals surface area contributed by atoms with Crippen LogP contribution in [0.15, 0.2) is 12.7 Å². The molecule has 0 amide bonds. The summed E-state index contributed by atoms with van der Waals surface area (Å²) in [5.74, 6) is 0. The zero-order chi connectivity index (χ0) is 28.5. The zero-order valence-corrected chi connectivity index (χ0v) is 27.8. The zero-order valence-electron chi connectivity index (χ0n) is 27.8. The predicted molar refractivity (Wildman–Crippen MR) is 179 cm³/mol. The summed E-state index contributed by atoms with van der Waals surface area (Å²) in [6.45, 7) is 10.7. The van der Waals surface area contributed by atoms with Crippen LogP contribution < -0.4 is 0 Å². The first kappa shape index (κ1) is 38.7. The average molecular weight is 549 g/mol. The summed E-state index contributed by atoms with van der Waals surface area (Å²) in [6, 6.07) is 0. The third-order valence-electron chi connectivity index (χ3n) is 8.75. The van der Waals surface area contributed by atoms with Crippen LogP contribution in [-0.2, 0) is 4.74 Å². The summed E-state index contributed by atoms with van der Waals surface area (Å²) in [5.41, 5.74) is 0. The highest BCUT2D eigenvalue weighted by molar-refractivity contribution is 4.77. The second-order valence-corrected chi connectivity index (χ2v) is 12.8. The van der Waals surface area contributed by atoms with Crippen molar-refractivity contribution in [1.29, 1.82) is 0 Å². The summed E-state index contributed by atoms with van der Waals surface area (Å²) in [7, 11) is 0. The van der Waals surface area contributed by atoms with Gasteiger partial charge in [-0.05, 0) is 19.8 Å². The predicted octanol–water partition coefficient (Wildman–Crippen LogP) is 14.1. The van der Waals surface area contributed by atoms with Gasteiger partial charge in [-0.3, -0.25) is 0 Å². The van der Waals surface area contributed by atoms with E-state index in [2.05, 4.69) is 27.4 Å². The number of ether oxygens (including phenoxy) is 1. The van der Waals surface area contributed by atoms with Crippen molar-refractivity contribution in [3.05, 3.63) is 12.7 Å². The van der Waals surface area contributed by atoms with Gasteiger partial charge in [0.1, 0.15) is 0 Å². The van der Waals surface area contributed by atoms with Crippen molar-refractivity contribution in [3.8, 4) is 0 Å². The molecule has 1 heteroatoms. The lowest BCUT2D eigenvalue weighted by atomic mass is 10.0. The largest absolute Gasteiger partial charge is 0.371 e. The van der Waals surface area contributed by atoms with Crippen molar-refractivity contribution >= 4 is 0 Å². The fourth-order valence-electron chi connectivity index (χ4n) is 5.95. The molecule has 0 bridgehead atoms. The minimum atomic E-state index is 0.193. The van der Waals surface area contributed by atoms with E-state index < -0.39 is 0 Å². The highest BCUT2D eigenvalue weighted by Gasteiger charge is 2.11. The Morgan fingerprint density at radius 1 is 0.410 bits per heavy atom. The monoisotopic (exact) mass is 549 g/mol. The number of unbranched alkanes of at least 4 members (excludes halogenated alkanes) is 27. The highest BCUT2D eigenvalue weighted by Crippen LogP contribution is 2.19. The van der Waals surface area contributed by atoms with Crippen molar-refractivity contribution in [2.75, 3.05) is 0 Å². The van der Waals surface area contributed by atoms with Gasteiger partial charge in [-0.2, -0.15) is 0 Å². The summed E-state index contributed by atoms with van der Waals surface area (Å²) in [4.78, 5) is 0. The average Bonchev–Trinajstić information content (AvgIpc) is 2.94. The summed E-state index contributed by atoms with van der Waals surface area (Å²) >= 11 is 0. The van der Waals surface area contributed by atoms with Gasteiger partial charge >= 0.3 is 0 Å². The third-order valence-corrected chi connectivity index (χ3v) is 8.75. The fourth-order valence-corrected chi connectivity index (χ4v) is 5.95. The van der Waals surface area contributed by atoms with Crippen LogP contribution in [0.3, 0.4) is 0 Å². The number of hydrogen-bond acceptors (Lipinski definition) is 1. The van der Waals surface area contributed by atoms with Gasteiger partial charge in [0.2, 0.25) is 0 Å². The third kappa shape index (κ3) is 32.1. The van der Waals surface area contributed by atoms with Crippen molar-refractivity contribution in [2.24, 2.45) is 0 Å². The maximum Gasteiger partial charge on any atom is 0.0728 e. The smallest absolute Gasteiger partial charge is 0.0728 e. The topological polar surface area (TPSA) is 9.23 Å². The quantitative estimate of drug-likeness (QED) is 0.0574. The molecule has 0 saturated carbocycles. The van der Waals surface area contributed by atoms with Crippen LogP contribution in [-0.4, -0.2) is 12.2 Å². The van der Waals surface area contributed by atoms with E-state index in [1.165, 1.54) is 199 Å². The molecule has 2 unspecified atom stereocenters. The van der Waals surface area contributed by atoms with E-state index in [4.69, 9.17) is 4.74 Å². The Morgan fingerprint density at radius 3 is 0.872 bits per heavy atom. The van der Waals surface area contributed by atoms with Crippen molar-refractivity contribution in [1.82, 2.24) is 0 Å². The lowest BCUT2D eigenvalue weighted by molar-refractivity contribution is 0.00989. The van der Waals surface area contributed by atoms with Crippen LogP contribution in [0.4, 0.5) is 0 Å². The summed E-state index contributed by atoms with van der Waals surface area (Å²) in [5, 5.41) is 0. The van der Waals surface area contributed by atoms with Gasteiger partial charge in [-0.15, -0.1) is 6.58 Å². The molecule has 0 aliphatic heterocycles. The highest BCUT2D eigenvalue weighted by atomic mass is 16.5. The summed E-state index contributed by atoms with van der Waals surface area (Å²) in [6.07, 6.45) is 46.7. The molecular weight excluding hydrogens is 472 g/mol. The molecule has 234 valence electrons. The second kappa shape index (κ2) is 33.9. The molecular formula is C38H76O. The maximum atomic E-state index is 6.31. The molecule has 1 nitrogen and oxygen atoms in total. The molecule has 0 radical (unpaired) electrons. The molecule has 0 saturated heterocycles. The molecule has 39 heavy (non-hydrogen) atoms. The van der Waals surface area contributed by atoms with Gasteiger partial charge in [0.15, 0.2) is 0 Å². The van der Waals surface area contributed by atoms with Gasteiger partial charge in [0.25, 0.3) is 0 Å². The van der Waals surface area contributed by atoms with Gasteiger partial charge in [0, 0.05) is 0 Å². The van der Waals surface area contributed by atoms with E-state index in [0.29, 0.717) is 6.10 Å². The van der Waals surface area contributed by atoms with Gasteiger partial charge in [-0.25, -0.2) is 0 Å². The molecule has 0 aromatic carbocycles. The molecule has 0 aromatic rings. The van der Waals surface area contributed by atoms with E-state index in [9.17, 15) is 0 Å². The fraction of sp³-hybridized carbons (Fsp3) is 0.947. The Kier molecular flexibility index (Phi) is 33.6. The minimum Gasteiger partial charge on any atom is -0.371 e. The molecule has 0 N–H and O–H groups in total. The van der Waals surface area contributed by atoms with Gasteiger partial charge in [0.05, 0.1) is 12.2 Å². The molecule has 0 fully saturated rings. The van der Waals surface area contributed by atoms with Crippen molar-refractivity contribution in [2.45, 2.75) is 232 Å². The molecule has 0 aromatic heterocycles. The lowest BCUT2D eigenvalue weighted by Gasteiger charge is -2.21. The van der Waals surface area contributed by atoms with E-state index >= 15 is 0 Å². The van der Waals surface area contributed by atoms with E-state index in [-0.39, 0.29) is 6.10 Å². The van der Waals surface area contributed by atoms with E-state index in [1.54, 1.807) is 0 Å². The van der Waals surface area contributed by atoms with Crippen LogP contribution in [0.25, 0.3) is 0 Å². The first-order chi connectivity index (χ1) is 19.2. The first-order valence-electron chi connectivity index (χ1n) is 18.5.